The summed E-state index contributed by atoms with van der Waals surface area (Å²) in [6.07, 6.45) is 2.15. The van der Waals surface area contributed by atoms with E-state index in [4.69, 9.17) is 14.0 Å². The van der Waals surface area contributed by atoms with E-state index in [-0.39, 0.29) is 30.4 Å². The van der Waals surface area contributed by atoms with Gasteiger partial charge in [0.2, 0.25) is 0 Å². The zero-order chi connectivity index (χ0) is 18.6. The van der Waals surface area contributed by atoms with Gasteiger partial charge in [-0.1, -0.05) is 24.3 Å². The fourth-order valence-electron chi connectivity index (χ4n) is 4.31. The number of hydrogen-bond acceptors (Lipinski definition) is 5. The molecule has 0 saturated carbocycles. The molecule has 1 aromatic rings. The van der Waals surface area contributed by atoms with Crippen molar-refractivity contribution in [2.45, 2.75) is 75.8 Å². The van der Waals surface area contributed by atoms with Crippen LogP contribution in [0.4, 0.5) is 0 Å². The van der Waals surface area contributed by atoms with Crippen molar-refractivity contribution in [1.82, 2.24) is 5.32 Å². The summed E-state index contributed by atoms with van der Waals surface area (Å²) in [7, 11) is -0.340. The average molecular weight is 359 g/mol. The highest BCUT2D eigenvalue weighted by molar-refractivity contribution is 6.62. The van der Waals surface area contributed by atoms with Gasteiger partial charge in [-0.15, -0.1) is 0 Å². The van der Waals surface area contributed by atoms with Gasteiger partial charge < -0.3 is 24.5 Å². The van der Waals surface area contributed by atoms with Crippen LogP contribution in [0.15, 0.2) is 24.3 Å². The minimum atomic E-state index is -0.657. The van der Waals surface area contributed by atoms with Crippen LogP contribution in [-0.2, 0) is 20.5 Å². The monoisotopic (exact) mass is 359 g/mol. The molecule has 0 aromatic heterocycles. The van der Waals surface area contributed by atoms with E-state index in [0.717, 1.165) is 23.9 Å². The molecule has 26 heavy (non-hydrogen) atoms. The molecule has 3 aliphatic heterocycles. The summed E-state index contributed by atoms with van der Waals surface area (Å²) in [6.45, 7) is 9.64. The normalized spacial score (nSPS) is 35.5. The van der Waals surface area contributed by atoms with Gasteiger partial charge >= 0.3 is 7.12 Å². The predicted molar refractivity (Wildman–Crippen MR) is 102 cm³/mol. The molecule has 3 fully saturated rings. The topological polar surface area (TPSA) is 60.0 Å². The highest BCUT2D eigenvalue weighted by Crippen LogP contribution is 2.36. The molecule has 2 bridgehead atoms. The van der Waals surface area contributed by atoms with Gasteiger partial charge in [-0.2, -0.15) is 0 Å². The van der Waals surface area contributed by atoms with Crippen LogP contribution in [0.25, 0.3) is 0 Å². The van der Waals surface area contributed by atoms with E-state index in [1.54, 1.807) is 0 Å². The number of ether oxygens (including phenoxy) is 1. The van der Waals surface area contributed by atoms with Gasteiger partial charge in [0.25, 0.3) is 0 Å². The SMILES string of the molecule is CC1(C)OB(c2ccc(CC3(O)CC4COCC(C3)N4)cc2)OC1(C)C. The summed E-state index contributed by atoms with van der Waals surface area (Å²) < 4.78 is 17.8. The molecular formula is C20H30BNO4. The molecule has 0 radical (unpaired) electrons. The number of nitrogens with one attached hydrogen (secondary N) is 1. The lowest BCUT2D eigenvalue weighted by molar-refractivity contribution is -0.0755. The maximum atomic E-state index is 11.1. The highest BCUT2D eigenvalue weighted by atomic mass is 16.7. The molecule has 4 rings (SSSR count). The second kappa shape index (κ2) is 6.31. The van der Waals surface area contributed by atoms with Gasteiger partial charge in [-0.05, 0) is 51.6 Å². The molecule has 3 heterocycles. The molecule has 6 heteroatoms. The van der Waals surface area contributed by atoms with Crippen LogP contribution in [-0.4, -0.2) is 54.3 Å². The first-order valence-corrected chi connectivity index (χ1v) is 9.67. The van der Waals surface area contributed by atoms with Gasteiger partial charge in [0.1, 0.15) is 0 Å². The van der Waals surface area contributed by atoms with E-state index in [1.807, 2.05) is 0 Å². The van der Waals surface area contributed by atoms with Crippen LogP contribution in [0.1, 0.15) is 46.1 Å². The Morgan fingerprint density at radius 1 is 1.00 bits per heavy atom. The first-order valence-electron chi connectivity index (χ1n) is 9.67. The van der Waals surface area contributed by atoms with Crippen molar-refractivity contribution in [2.24, 2.45) is 0 Å². The molecule has 0 amide bonds. The third-order valence-corrected chi connectivity index (χ3v) is 6.40. The largest absolute Gasteiger partial charge is 0.494 e. The third-order valence-electron chi connectivity index (χ3n) is 6.40. The van der Waals surface area contributed by atoms with Crippen molar-refractivity contribution in [3.8, 4) is 0 Å². The van der Waals surface area contributed by atoms with E-state index in [1.165, 1.54) is 0 Å². The highest BCUT2D eigenvalue weighted by Gasteiger charge is 2.51. The first-order chi connectivity index (χ1) is 12.2. The fraction of sp³-hybridized carbons (Fsp3) is 0.700. The lowest BCUT2D eigenvalue weighted by Crippen LogP contribution is -2.60. The minimum absolute atomic E-state index is 0.261. The third kappa shape index (κ3) is 3.46. The molecule has 2 unspecified atom stereocenters. The lowest BCUT2D eigenvalue weighted by Gasteiger charge is -2.45. The fourth-order valence-corrected chi connectivity index (χ4v) is 4.31. The molecule has 0 spiro atoms. The molecule has 5 nitrogen and oxygen atoms in total. The minimum Gasteiger partial charge on any atom is -0.399 e. The van der Waals surface area contributed by atoms with Crippen molar-refractivity contribution in [1.29, 1.82) is 0 Å². The Hall–Kier alpha value is -0.915. The number of hydrogen-bond donors (Lipinski definition) is 2. The Labute approximate surface area is 156 Å². The van der Waals surface area contributed by atoms with Crippen molar-refractivity contribution in [3.05, 3.63) is 29.8 Å². The number of piperidine rings is 1. The maximum absolute atomic E-state index is 11.1. The van der Waals surface area contributed by atoms with Crippen LogP contribution < -0.4 is 10.8 Å². The average Bonchev–Trinajstić information content (AvgIpc) is 2.75. The van der Waals surface area contributed by atoms with E-state index >= 15 is 0 Å². The van der Waals surface area contributed by atoms with E-state index in [0.29, 0.717) is 19.6 Å². The number of rotatable bonds is 3. The Kier molecular flexibility index (Phi) is 4.48. The summed E-state index contributed by atoms with van der Waals surface area (Å²) in [4.78, 5) is 0. The van der Waals surface area contributed by atoms with Crippen molar-refractivity contribution >= 4 is 12.6 Å². The van der Waals surface area contributed by atoms with Crippen LogP contribution in [0.5, 0.6) is 0 Å². The molecule has 0 aliphatic carbocycles. The summed E-state index contributed by atoms with van der Waals surface area (Å²) in [5.74, 6) is 0. The molecule has 142 valence electrons. The zero-order valence-electron chi connectivity index (χ0n) is 16.2. The maximum Gasteiger partial charge on any atom is 0.494 e. The molecule has 2 N–H and O–H groups in total. The lowest BCUT2D eigenvalue weighted by atomic mass is 9.76. The Morgan fingerprint density at radius 2 is 1.54 bits per heavy atom. The second-order valence-corrected chi connectivity index (χ2v) is 9.24. The predicted octanol–water partition coefficient (Wildman–Crippen LogP) is 1.41. The smallest absolute Gasteiger partial charge is 0.399 e. The molecule has 3 aliphatic rings. The molecule has 1 aromatic carbocycles. The van der Waals surface area contributed by atoms with Gasteiger partial charge in [0.05, 0.1) is 30.0 Å². The van der Waals surface area contributed by atoms with Gasteiger partial charge in [-0.25, -0.2) is 0 Å². The Morgan fingerprint density at radius 3 is 2.08 bits per heavy atom. The second-order valence-electron chi connectivity index (χ2n) is 9.24. The van der Waals surface area contributed by atoms with E-state index < -0.39 is 5.60 Å². The number of benzene rings is 1. The van der Waals surface area contributed by atoms with Crippen LogP contribution >= 0.6 is 0 Å². The van der Waals surface area contributed by atoms with Crippen molar-refractivity contribution in [3.63, 3.8) is 0 Å². The Bertz CT molecular complexity index is 632. The standard InChI is InChI=1S/C20H30BNO4/c1-18(2)19(3,4)26-21(25-18)15-7-5-14(6-8-15)9-20(23)10-16-12-24-13-17(11-20)22-16/h5-8,16-17,22-23H,9-13H2,1-4H3. The first kappa shape index (κ1) is 18.4. The molecule has 2 atom stereocenters. The van der Waals surface area contributed by atoms with Gasteiger partial charge in [-0.3, -0.25) is 0 Å². The summed E-state index contributed by atoms with van der Waals surface area (Å²) >= 11 is 0. The van der Waals surface area contributed by atoms with E-state index in [9.17, 15) is 5.11 Å². The summed E-state index contributed by atoms with van der Waals surface area (Å²) in [6, 6.07) is 8.82. The van der Waals surface area contributed by atoms with Crippen LogP contribution in [0.3, 0.4) is 0 Å². The quantitative estimate of drug-likeness (QED) is 0.800. The van der Waals surface area contributed by atoms with Crippen LogP contribution in [0, 0.1) is 0 Å². The van der Waals surface area contributed by atoms with Crippen molar-refractivity contribution < 1.29 is 19.2 Å². The number of fused-ring (bicyclic) bond motifs is 2. The van der Waals surface area contributed by atoms with Crippen molar-refractivity contribution in [2.75, 3.05) is 13.2 Å². The summed E-state index contributed by atoms with van der Waals surface area (Å²) in [5, 5.41) is 14.6. The van der Waals surface area contributed by atoms with E-state index in [2.05, 4.69) is 57.3 Å². The molecular weight excluding hydrogens is 329 g/mol. The molecule has 3 saturated heterocycles. The number of morpholine rings is 1. The van der Waals surface area contributed by atoms with Crippen LogP contribution in [0.2, 0.25) is 0 Å². The van der Waals surface area contributed by atoms with Gasteiger partial charge in [0.15, 0.2) is 0 Å². The van der Waals surface area contributed by atoms with Gasteiger partial charge in [0, 0.05) is 18.5 Å². The summed E-state index contributed by atoms with van der Waals surface area (Å²) in [5.41, 5.74) is 0.848. The zero-order valence-corrected chi connectivity index (χ0v) is 16.2. The Balaban J connectivity index is 1.44. The number of aliphatic hydroxyl groups is 1.